The van der Waals surface area contributed by atoms with Crippen LogP contribution in [0.5, 0.6) is 0 Å². The lowest BCUT2D eigenvalue weighted by atomic mass is 9.84. The van der Waals surface area contributed by atoms with Crippen LogP contribution in [0.15, 0.2) is 120 Å². The molecule has 5 rings (SSSR count). The molecule has 1 aliphatic heterocycles. The first-order valence-corrected chi connectivity index (χ1v) is 40.3. The Labute approximate surface area is 537 Å². The fourth-order valence-corrected chi connectivity index (χ4v) is 14.4. The zero-order valence-electron chi connectivity index (χ0n) is 57.1. The van der Waals surface area contributed by atoms with E-state index >= 15 is 0 Å². The number of ether oxygens (including phenoxy) is 4. The summed E-state index contributed by atoms with van der Waals surface area (Å²) in [5.41, 5.74) is 14.6. The van der Waals surface area contributed by atoms with Crippen molar-refractivity contribution in [3.8, 4) is 0 Å². The highest BCUT2D eigenvalue weighted by atomic mass is 28.4. The third-order valence-electron chi connectivity index (χ3n) is 19.3. The Morgan fingerprint density at radius 1 is 0.580 bits per heavy atom. The number of carbonyl (C=O) groups excluding carboxylic acids is 1. The number of benzene rings is 4. The van der Waals surface area contributed by atoms with Gasteiger partial charge in [0.25, 0.3) is 0 Å². The molecule has 490 valence electrons. The van der Waals surface area contributed by atoms with Crippen LogP contribution in [0.2, 0.25) is 36.3 Å². The molecular weight excluding hydrogens is 1130 g/mol. The van der Waals surface area contributed by atoms with Crippen molar-refractivity contribution in [1.29, 1.82) is 0 Å². The van der Waals surface area contributed by atoms with Gasteiger partial charge in [-0.3, -0.25) is 4.79 Å². The Morgan fingerprint density at radius 3 is 1.58 bits per heavy atom. The lowest BCUT2D eigenvalue weighted by Gasteiger charge is -2.48. The van der Waals surface area contributed by atoms with E-state index in [-0.39, 0.29) is 58.5 Å². The van der Waals surface area contributed by atoms with Crippen molar-refractivity contribution in [2.24, 2.45) is 11.0 Å². The summed E-state index contributed by atoms with van der Waals surface area (Å²) in [6, 6.07) is 39.6. The van der Waals surface area contributed by atoms with Gasteiger partial charge in [0.05, 0.1) is 63.0 Å². The summed E-state index contributed by atoms with van der Waals surface area (Å²) in [4.78, 5) is 17.8. The number of hydrogen-bond acceptors (Lipinski definition) is 8. The normalized spacial score (nSPS) is 18.6. The summed E-state index contributed by atoms with van der Waals surface area (Å²) >= 11 is 0. The second-order valence-corrected chi connectivity index (χ2v) is 38.0. The zero-order valence-corrected chi connectivity index (χ0v) is 59.1. The third-order valence-corrected chi connectivity index (χ3v) is 28.2. The van der Waals surface area contributed by atoms with Crippen molar-refractivity contribution in [3.63, 3.8) is 0 Å². The number of nitrogens with one attached hydrogen (secondary N) is 1. The van der Waals surface area contributed by atoms with Gasteiger partial charge in [-0.05, 0) is 121 Å². The topological polar surface area (TPSA) is 133 Å². The second kappa shape index (κ2) is 40.0. The average molecular weight is 1250 g/mol. The van der Waals surface area contributed by atoms with E-state index in [0.717, 1.165) is 74.5 Å². The lowest BCUT2D eigenvalue weighted by molar-refractivity contribution is -0.240. The molecule has 0 radical (unpaired) electrons. The van der Waals surface area contributed by atoms with Crippen LogP contribution in [0.1, 0.15) is 212 Å². The first-order valence-electron chi connectivity index (χ1n) is 34.5. The minimum atomic E-state index is -2.49. The molecule has 13 heteroatoms. The van der Waals surface area contributed by atoms with Crippen LogP contribution < -0.4 is 5.32 Å². The number of azide groups is 1. The van der Waals surface area contributed by atoms with Crippen LogP contribution in [-0.2, 0) is 65.1 Å². The van der Waals surface area contributed by atoms with Gasteiger partial charge in [-0.25, -0.2) is 0 Å². The molecule has 0 aliphatic carbocycles. The molecule has 0 aromatic heterocycles. The molecule has 4 aromatic carbocycles. The molecule has 2 unspecified atom stereocenters. The Bertz CT molecular complexity index is 2520. The van der Waals surface area contributed by atoms with Crippen molar-refractivity contribution < 1.29 is 32.6 Å². The van der Waals surface area contributed by atoms with E-state index in [4.69, 9.17) is 33.3 Å². The van der Waals surface area contributed by atoms with E-state index in [2.05, 4.69) is 200 Å². The number of carbonyl (C=O) groups is 1. The average Bonchev–Trinajstić information content (AvgIpc) is 2.72. The quantitative estimate of drug-likeness (QED) is 0.0153. The van der Waals surface area contributed by atoms with Crippen molar-refractivity contribution in [1.82, 2.24) is 5.32 Å². The molecule has 0 spiro atoms. The molecule has 4 aromatic rings. The minimum absolute atomic E-state index is 0.0340. The molecule has 0 saturated carbocycles. The van der Waals surface area contributed by atoms with Gasteiger partial charge >= 0.3 is 0 Å². The van der Waals surface area contributed by atoms with Crippen LogP contribution in [0, 0.1) is 5.92 Å². The van der Waals surface area contributed by atoms with Gasteiger partial charge < -0.3 is 33.1 Å². The maximum atomic E-state index is 14.9. The van der Waals surface area contributed by atoms with Gasteiger partial charge in [0.15, 0.2) is 16.6 Å². The third kappa shape index (κ3) is 27.4. The fraction of sp³-hybridized carbons (Fsp3) is 0.667. The molecule has 11 nitrogen and oxygen atoms in total. The number of amides is 1. The SMILES string of the molecule is CCCCCCCCCCCCCC[C@@H](O[Si](C)(C)C(C)(C)C)[C@@H](O[Si](C)(C)C(C)(C)C)[C@H](CC[C@H]1OC(COCCc2ccc(CCN=[N+]=[N-])cc2)[C@H](OCc2ccccc2)[C@H](C)C1OCc1ccccc1)NC(=O)CCCCCCc1ccccc1. The number of nitrogens with zero attached hydrogens (tertiary/aromatic N) is 3. The summed E-state index contributed by atoms with van der Waals surface area (Å²) in [5, 5.41) is 7.34. The monoisotopic (exact) mass is 1240 g/mol. The summed E-state index contributed by atoms with van der Waals surface area (Å²) in [5.74, 6) is -0.000973. The molecule has 88 heavy (non-hydrogen) atoms. The smallest absolute Gasteiger partial charge is 0.220 e. The largest absolute Gasteiger partial charge is 0.411 e. The van der Waals surface area contributed by atoms with Gasteiger partial charge in [0, 0.05) is 23.8 Å². The van der Waals surface area contributed by atoms with E-state index in [0.29, 0.717) is 58.7 Å². The standard InChI is InChI=1S/C75H120N4O7Si2/c1-13-14-15-16-17-18-19-20-21-22-23-36-45-68(85-87(9,10)74(3,4)5)73(86-88(11,12)75(6,7)8)66(78-70(80)46-37-25-24-29-38-61-39-30-26-31-40-61)51-52-67-71(82-57-64-41-32-27-33-42-64)60(2)72(83-58-65-43-34-28-35-44-65)69(84-67)59-81-56-54-63-49-47-62(48-50-63)53-55-77-79-76/h26-28,30-35,39-44,47-50,60,66-69,71-73H,13-25,29,36-38,45-46,51-59H2,1-12H3,(H,78,80)/t60-,66+,67-,68-,69?,71?,72-,73+/m1/s1. The Balaban J connectivity index is 1.48. The maximum absolute atomic E-state index is 14.9. The minimum Gasteiger partial charge on any atom is -0.411 e. The highest BCUT2D eigenvalue weighted by molar-refractivity contribution is 6.74. The van der Waals surface area contributed by atoms with Gasteiger partial charge in [0.2, 0.25) is 5.91 Å². The van der Waals surface area contributed by atoms with Gasteiger partial charge in [-0.2, -0.15) is 0 Å². The van der Waals surface area contributed by atoms with Crippen LogP contribution in [-0.4, -0.2) is 85.0 Å². The van der Waals surface area contributed by atoms with E-state index in [1.165, 1.54) is 75.3 Å². The summed E-state index contributed by atoms with van der Waals surface area (Å²) in [6.07, 6.45) is 22.5. The fourth-order valence-electron chi connectivity index (χ4n) is 11.7. The number of aryl methyl sites for hydroxylation is 1. The summed E-state index contributed by atoms with van der Waals surface area (Å²) in [7, 11) is -4.87. The van der Waals surface area contributed by atoms with Gasteiger partial charge in [-0.1, -0.05) is 266 Å². The van der Waals surface area contributed by atoms with Gasteiger partial charge in [0.1, 0.15) is 6.10 Å². The Hall–Kier alpha value is -4.15. The maximum Gasteiger partial charge on any atom is 0.220 e. The lowest BCUT2D eigenvalue weighted by Crippen LogP contribution is -2.59. The van der Waals surface area contributed by atoms with Crippen molar-refractivity contribution >= 4 is 22.5 Å². The Kier molecular flexibility index (Phi) is 33.9. The molecule has 1 saturated heterocycles. The van der Waals surface area contributed by atoms with Crippen molar-refractivity contribution in [3.05, 3.63) is 154 Å². The molecule has 1 fully saturated rings. The van der Waals surface area contributed by atoms with Crippen LogP contribution in [0.4, 0.5) is 0 Å². The molecular formula is C75H120N4O7Si2. The van der Waals surface area contributed by atoms with Gasteiger partial charge in [-0.15, -0.1) is 0 Å². The van der Waals surface area contributed by atoms with Crippen LogP contribution in [0.25, 0.3) is 10.4 Å². The van der Waals surface area contributed by atoms with Crippen molar-refractivity contribution in [2.45, 2.75) is 295 Å². The summed E-state index contributed by atoms with van der Waals surface area (Å²) < 4.78 is 43.8. The molecule has 1 heterocycles. The van der Waals surface area contributed by atoms with Crippen LogP contribution >= 0.6 is 0 Å². The Morgan fingerprint density at radius 2 is 1.05 bits per heavy atom. The van der Waals surface area contributed by atoms with E-state index in [1.807, 2.05) is 12.1 Å². The number of rotatable bonds is 44. The van der Waals surface area contributed by atoms with E-state index in [1.54, 1.807) is 0 Å². The highest BCUT2D eigenvalue weighted by Crippen LogP contribution is 2.43. The summed E-state index contributed by atoms with van der Waals surface area (Å²) in [6.45, 7) is 30.2. The van der Waals surface area contributed by atoms with Crippen LogP contribution in [0.3, 0.4) is 0 Å². The van der Waals surface area contributed by atoms with E-state index < -0.39 is 22.7 Å². The first kappa shape index (κ1) is 74.6. The molecule has 1 amide bonds. The molecule has 8 atom stereocenters. The highest BCUT2D eigenvalue weighted by Gasteiger charge is 2.49. The predicted molar refractivity (Wildman–Crippen MR) is 371 cm³/mol. The predicted octanol–water partition coefficient (Wildman–Crippen LogP) is 20.0. The second-order valence-electron chi connectivity index (χ2n) is 28.5. The molecule has 0 bridgehead atoms. The van der Waals surface area contributed by atoms with E-state index in [9.17, 15) is 4.79 Å². The van der Waals surface area contributed by atoms with Crippen molar-refractivity contribution in [2.75, 3.05) is 19.8 Å². The zero-order chi connectivity index (χ0) is 63.7. The molecule has 1 N–H and O–H groups in total. The number of unbranched alkanes of at least 4 members (excludes halogenated alkanes) is 14. The molecule has 1 aliphatic rings. The number of hydrogen-bond donors (Lipinski definition) is 1. The first-order chi connectivity index (χ1) is 42.2.